The van der Waals surface area contributed by atoms with Crippen LogP contribution in [-0.4, -0.2) is 23.4 Å². The number of benzene rings is 2. The maximum atomic E-state index is 12.7. The lowest BCUT2D eigenvalue weighted by Crippen LogP contribution is -2.28. The zero-order chi connectivity index (χ0) is 19.6. The van der Waals surface area contributed by atoms with E-state index in [1.54, 1.807) is 37.5 Å². The molecule has 1 aliphatic heterocycles. The minimum Gasteiger partial charge on any atom is -0.496 e. The molecule has 0 unspecified atom stereocenters. The summed E-state index contributed by atoms with van der Waals surface area (Å²) in [6.45, 7) is 3.82. The van der Waals surface area contributed by atoms with Gasteiger partial charge in [0.2, 0.25) is 0 Å². The van der Waals surface area contributed by atoms with Crippen molar-refractivity contribution >= 4 is 23.6 Å². The van der Waals surface area contributed by atoms with Crippen molar-refractivity contribution in [3.63, 3.8) is 0 Å². The smallest absolute Gasteiger partial charge is 0.269 e. The number of non-ortho nitro benzene ring substituents is 1. The Balaban J connectivity index is 1.91. The van der Waals surface area contributed by atoms with Gasteiger partial charge >= 0.3 is 0 Å². The van der Waals surface area contributed by atoms with E-state index in [-0.39, 0.29) is 11.5 Å². The van der Waals surface area contributed by atoms with E-state index in [2.05, 4.69) is 0 Å². The Kier molecular flexibility index (Phi) is 4.81. The molecular formula is C21H19NO5. The number of allylic oxidation sites excluding steroid dienone is 1. The SMILES string of the molecule is COc1ccc(C(=O)/C=C/c2ccc([N+](=O)[O-])cc2)c2c1C=CC(C)(C)O2. The zero-order valence-corrected chi connectivity index (χ0v) is 15.3. The van der Waals surface area contributed by atoms with Crippen LogP contribution >= 0.6 is 0 Å². The normalized spacial score (nSPS) is 14.5. The molecular weight excluding hydrogens is 346 g/mol. The summed E-state index contributed by atoms with van der Waals surface area (Å²) >= 11 is 0. The molecule has 0 atom stereocenters. The van der Waals surface area contributed by atoms with Gasteiger partial charge in [-0.25, -0.2) is 0 Å². The van der Waals surface area contributed by atoms with Crippen LogP contribution in [0.25, 0.3) is 12.2 Å². The number of rotatable bonds is 5. The molecule has 6 heteroatoms. The maximum absolute atomic E-state index is 12.7. The molecule has 0 amide bonds. The van der Waals surface area contributed by atoms with Gasteiger partial charge in [0, 0.05) is 12.1 Å². The molecule has 1 aliphatic rings. The van der Waals surface area contributed by atoms with E-state index in [4.69, 9.17) is 9.47 Å². The first-order chi connectivity index (χ1) is 12.8. The van der Waals surface area contributed by atoms with E-state index in [0.29, 0.717) is 22.6 Å². The highest BCUT2D eigenvalue weighted by Gasteiger charge is 2.27. The quantitative estimate of drug-likeness (QED) is 0.333. The number of nitrogens with zero attached hydrogens (tertiary/aromatic N) is 1. The first-order valence-electron chi connectivity index (χ1n) is 8.37. The van der Waals surface area contributed by atoms with Crippen molar-refractivity contribution in [1.29, 1.82) is 0 Å². The molecule has 2 aromatic carbocycles. The van der Waals surface area contributed by atoms with Gasteiger partial charge in [-0.05, 0) is 61.9 Å². The maximum Gasteiger partial charge on any atom is 0.269 e. The zero-order valence-electron chi connectivity index (χ0n) is 15.3. The minimum absolute atomic E-state index is 0.00474. The Morgan fingerprint density at radius 1 is 1.19 bits per heavy atom. The summed E-state index contributed by atoms with van der Waals surface area (Å²) in [5, 5.41) is 10.7. The average Bonchev–Trinajstić information content (AvgIpc) is 2.64. The van der Waals surface area contributed by atoms with Crippen LogP contribution in [0.4, 0.5) is 5.69 Å². The molecule has 0 saturated heterocycles. The van der Waals surface area contributed by atoms with E-state index in [0.717, 1.165) is 5.56 Å². The number of nitro groups is 1. The van der Waals surface area contributed by atoms with Crippen molar-refractivity contribution in [2.24, 2.45) is 0 Å². The number of nitro benzene ring substituents is 1. The van der Waals surface area contributed by atoms with E-state index < -0.39 is 10.5 Å². The van der Waals surface area contributed by atoms with Gasteiger partial charge in [-0.2, -0.15) is 0 Å². The second kappa shape index (κ2) is 7.07. The van der Waals surface area contributed by atoms with Crippen molar-refractivity contribution in [2.75, 3.05) is 7.11 Å². The van der Waals surface area contributed by atoms with Gasteiger partial charge in [0.1, 0.15) is 17.1 Å². The van der Waals surface area contributed by atoms with E-state index in [1.165, 1.54) is 18.2 Å². The number of carbonyl (C=O) groups excluding carboxylic acids is 1. The standard InChI is InChI=1S/C21H19NO5/c1-21(2)13-12-17-19(26-3)11-9-16(20(17)27-21)18(23)10-6-14-4-7-15(8-5-14)22(24)25/h4-13H,1-3H3/b10-6+. The molecule has 6 nitrogen and oxygen atoms in total. The molecule has 0 bridgehead atoms. The molecule has 0 aliphatic carbocycles. The highest BCUT2D eigenvalue weighted by molar-refractivity contribution is 6.09. The third-order valence-corrected chi connectivity index (χ3v) is 4.19. The molecule has 3 rings (SSSR count). The van der Waals surface area contributed by atoms with Crippen LogP contribution in [0, 0.1) is 10.1 Å². The Morgan fingerprint density at radius 3 is 2.52 bits per heavy atom. The Labute approximate surface area is 156 Å². The van der Waals surface area contributed by atoms with Crippen LogP contribution in [0.5, 0.6) is 11.5 Å². The molecule has 138 valence electrons. The summed E-state index contributed by atoms with van der Waals surface area (Å²) in [6.07, 6.45) is 6.86. The third kappa shape index (κ3) is 3.89. The Hall–Kier alpha value is -3.41. The fraction of sp³-hybridized carbons (Fsp3) is 0.190. The number of fused-ring (bicyclic) bond motifs is 1. The van der Waals surface area contributed by atoms with Gasteiger partial charge in [-0.15, -0.1) is 0 Å². The lowest BCUT2D eigenvalue weighted by molar-refractivity contribution is -0.384. The Morgan fingerprint density at radius 2 is 1.89 bits per heavy atom. The lowest BCUT2D eigenvalue weighted by atomic mass is 9.97. The second-order valence-electron chi connectivity index (χ2n) is 6.64. The van der Waals surface area contributed by atoms with E-state index in [9.17, 15) is 14.9 Å². The van der Waals surface area contributed by atoms with Crippen LogP contribution in [0.1, 0.15) is 35.3 Å². The summed E-state index contributed by atoms with van der Waals surface area (Å²) in [6, 6.07) is 9.39. The van der Waals surface area contributed by atoms with Crippen molar-refractivity contribution in [3.05, 3.63) is 75.4 Å². The van der Waals surface area contributed by atoms with Gasteiger partial charge in [0.15, 0.2) is 5.78 Å². The van der Waals surface area contributed by atoms with Crippen molar-refractivity contribution in [2.45, 2.75) is 19.4 Å². The van der Waals surface area contributed by atoms with Crippen molar-refractivity contribution < 1.29 is 19.2 Å². The monoisotopic (exact) mass is 365 g/mol. The summed E-state index contributed by atoms with van der Waals surface area (Å²) in [4.78, 5) is 23.0. The number of carbonyl (C=O) groups is 1. The van der Waals surface area contributed by atoms with Crippen molar-refractivity contribution in [3.8, 4) is 11.5 Å². The highest BCUT2D eigenvalue weighted by Crippen LogP contribution is 2.39. The third-order valence-electron chi connectivity index (χ3n) is 4.19. The fourth-order valence-electron chi connectivity index (χ4n) is 2.77. The summed E-state index contributed by atoms with van der Waals surface area (Å²) < 4.78 is 11.4. The van der Waals surface area contributed by atoms with Crippen LogP contribution in [0.3, 0.4) is 0 Å². The number of hydrogen-bond acceptors (Lipinski definition) is 5. The summed E-state index contributed by atoms with van der Waals surface area (Å²) in [5.74, 6) is 0.895. The molecule has 0 aromatic heterocycles. The van der Waals surface area contributed by atoms with Gasteiger partial charge in [-0.3, -0.25) is 14.9 Å². The van der Waals surface area contributed by atoms with E-state index in [1.807, 2.05) is 26.0 Å². The first-order valence-corrected chi connectivity index (χ1v) is 8.37. The lowest BCUT2D eigenvalue weighted by Gasteiger charge is -2.29. The van der Waals surface area contributed by atoms with Crippen molar-refractivity contribution in [1.82, 2.24) is 0 Å². The molecule has 1 heterocycles. The predicted molar refractivity (Wildman–Crippen MR) is 103 cm³/mol. The number of methoxy groups -OCH3 is 1. The molecule has 27 heavy (non-hydrogen) atoms. The molecule has 0 fully saturated rings. The number of ether oxygens (including phenoxy) is 2. The molecule has 2 aromatic rings. The molecule has 0 N–H and O–H groups in total. The number of ketones is 1. The first kappa shape index (κ1) is 18.4. The summed E-state index contributed by atoms with van der Waals surface area (Å²) in [7, 11) is 1.57. The molecule has 0 radical (unpaired) electrons. The topological polar surface area (TPSA) is 78.7 Å². The van der Waals surface area contributed by atoms with Gasteiger partial charge in [-0.1, -0.05) is 6.08 Å². The fourth-order valence-corrected chi connectivity index (χ4v) is 2.77. The largest absolute Gasteiger partial charge is 0.496 e. The number of hydrogen-bond donors (Lipinski definition) is 0. The predicted octanol–water partition coefficient (Wildman–Crippen LogP) is 4.68. The van der Waals surface area contributed by atoms with Crippen LogP contribution < -0.4 is 9.47 Å². The van der Waals surface area contributed by atoms with Gasteiger partial charge < -0.3 is 9.47 Å². The molecule has 0 saturated carbocycles. The molecule has 0 spiro atoms. The summed E-state index contributed by atoms with van der Waals surface area (Å²) in [5.41, 5.74) is 1.33. The van der Waals surface area contributed by atoms with Crippen LogP contribution in [0.2, 0.25) is 0 Å². The van der Waals surface area contributed by atoms with E-state index >= 15 is 0 Å². The van der Waals surface area contributed by atoms with Gasteiger partial charge in [0.25, 0.3) is 5.69 Å². The second-order valence-corrected chi connectivity index (χ2v) is 6.64. The highest BCUT2D eigenvalue weighted by atomic mass is 16.6. The van der Waals surface area contributed by atoms with Gasteiger partial charge in [0.05, 0.1) is 23.2 Å². The van der Waals surface area contributed by atoms with Crippen LogP contribution in [0.15, 0.2) is 48.6 Å². The Bertz CT molecular complexity index is 955. The van der Waals surface area contributed by atoms with Crippen LogP contribution in [-0.2, 0) is 0 Å². The minimum atomic E-state index is -0.531. The average molecular weight is 365 g/mol.